The Morgan fingerprint density at radius 1 is 0.571 bits per heavy atom. The summed E-state index contributed by atoms with van der Waals surface area (Å²) in [5, 5.41) is 14.5. The predicted octanol–water partition coefficient (Wildman–Crippen LogP) is 10.3. The molecule has 0 aliphatic rings. The first-order valence-electron chi connectivity index (χ1n) is 15.1. The lowest BCUT2D eigenvalue weighted by Crippen LogP contribution is -2.20. The zero-order valence-electron chi connectivity index (χ0n) is 24.8. The zero-order valence-corrected chi connectivity index (χ0v) is 24.8. The van der Waals surface area contributed by atoms with E-state index in [1.807, 2.05) is 0 Å². The van der Waals surface area contributed by atoms with Gasteiger partial charge in [-0.25, -0.2) is 0 Å². The molecular weight excluding hydrogens is 426 g/mol. The van der Waals surface area contributed by atoms with Crippen molar-refractivity contribution in [1.82, 2.24) is 5.32 Å². The fraction of sp³-hybridized carbons (Fsp3) is 0.818. The van der Waals surface area contributed by atoms with Crippen molar-refractivity contribution < 1.29 is 5.11 Å². The van der Waals surface area contributed by atoms with Crippen LogP contribution in [0.4, 0.5) is 0 Å². The molecule has 0 aliphatic heterocycles. The Kier molecular flexibility index (Phi) is 15.9. The van der Waals surface area contributed by atoms with Crippen LogP contribution < -0.4 is 5.32 Å². The zero-order chi connectivity index (χ0) is 26.2. The second kappa shape index (κ2) is 17.4. The summed E-state index contributed by atoms with van der Waals surface area (Å²) in [5.74, 6) is 0.478. The van der Waals surface area contributed by atoms with E-state index in [2.05, 4.69) is 65.9 Å². The predicted molar refractivity (Wildman–Crippen MR) is 157 cm³/mol. The van der Waals surface area contributed by atoms with Crippen LogP contribution in [0.15, 0.2) is 12.1 Å². The van der Waals surface area contributed by atoms with Gasteiger partial charge in [-0.15, -0.1) is 0 Å². The first-order chi connectivity index (χ1) is 16.6. The van der Waals surface area contributed by atoms with E-state index in [9.17, 15) is 5.11 Å². The van der Waals surface area contributed by atoms with Crippen molar-refractivity contribution in [3.63, 3.8) is 0 Å². The number of aromatic hydroxyl groups is 1. The highest BCUT2D eigenvalue weighted by molar-refractivity contribution is 5.49. The molecule has 0 radical (unpaired) electrons. The largest absolute Gasteiger partial charge is 0.507 e. The summed E-state index contributed by atoms with van der Waals surface area (Å²) in [5.41, 5.74) is 3.28. The molecule has 35 heavy (non-hydrogen) atoms. The molecule has 0 spiro atoms. The molecule has 0 bridgehead atoms. The van der Waals surface area contributed by atoms with Gasteiger partial charge in [0.15, 0.2) is 0 Å². The number of phenols is 1. The first kappa shape index (κ1) is 32.0. The molecule has 0 aliphatic carbocycles. The molecule has 0 saturated carbocycles. The quantitative estimate of drug-likeness (QED) is 0.190. The van der Waals surface area contributed by atoms with E-state index < -0.39 is 0 Å². The van der Waals surface area contributed by atoms with Gasteiger partial charge in [0.05, 0.1) is 0 Å². The van der Waals surface area contributed by atoms with Gasteiger partial charge in [-0.3, -0.25) is 0 Å². The lowest BCUT2D eigenvalue weighted by atomic mass is 9.78. The van der Waals surface area contributed by atoms with Crippen LogP contribution in [0.5, 0.6) is 5.75 Å². The summed E-state index contributed by atoms with van der Waals surface area (Å²) >= 11 is 0. The summed E-state index contributed by atoms with van der Waals surface area (Å²) in [7, 11) is 0. The first-order valence-corrected chi connectivity index (χ1v) is 15.1. The van der Waals surface area contributed by atoms with Gasteiger partial charge in [0.1, 0.15) is 5.75 Å². The Labute approximate surface area is 220 Å². The number of nitrogens with one attached hydrogen (secondary N) is 1. The molecule has 1 rings (SSSR count). The molecule has 204 valence electrons. The summed E-state index contributed by atoms with van der Waals surface area (Å²) in [6, 6.07) is 4.40. The molecule has 0 heterocycles. The van der Waals surface area contributed by atoms with Crippen molar-refractivity contribution >= 4 is 0 Å². The van der Waals surface area contributed by atoms with E-state index in [1.165, 1.54) is 108 Å². The minimum absolute atomic E-state index is 0.0615. The molecule has 0 fully saturated rings. The molecule has 0 aromatic heterocycles. The Bertz CT molecular complexity index is 630. The standard InChI is InChI=1S/C33H61NO/c1-8-9-10-11-12-13-14-15-16-17-18-19-20-21-22-23-24-34-27-28-25-29(32(2,3)4)31(35)30(26-28)33(5,6)7/h25-26,34-35H,8-24,27H2,1-7H3. The number of unbranched alkanes of at least 4 members (excludes halogenated alkanes) is 15. The van der Waals surface area contributed by atoms with E-state index in [-0.39, 0.29) is 10.8 Å². The van der Waals surface area contributed by atoms with Gasteiger partial charge in [-0.2, -0.15) is 0 Å². The summed E-state index contributed by atoms with van der Waals surface area (Å²) < 4.78 is 0. The van der Waals surface area contributed by atoms with E-state index in [0.29, 0.717) is 5.75 Å². The maximum Gasteiger partial charge on any atom is 0.123 e. The van der Waals surface area contributed by atoms with Gasteiger partial charge >= 0.3 is 0 Å². The second-order valence-corrected chi connectivity index (χ2v) is 13.0. The van der Waals surface area contributed by atoms with E-state index in [4.69, 9.17) is 0 Å². The molecule has 0 amide bonds. The van der Waals surface area contributed by atoms with Crippen molar-refractivity contribution in [3.8, 4) is 5.75 Å². The Morgan fingerprint density at radius 2 is 0.914 bits per heavy atom. The van der Waals surface area contributed by atoms with Gasteiger partial charge in [-0.05, 0) is 40.5 Å². The normalized spacial score (nSPS) is 12.4. The fourth-order valence-electron chi connectivity index (χ4n) is 4.97. The third kappa shape index (κ3) is 14.3. The highest BCUT2D eigenvalue weighted by atomic mass is 16.3. The van der Waals surface area contributed by atoms with Crippen molar-refractivity contribution in [3.05, 3.63) is 28.8 Å². The van der Waals surface area contributed by atoms with Gasteiger partial charge < -0.3 is 10.4 Å². The SMILES string of the molecule is CCCCCCCCCCCCCCCCCCNCc1cc(C(C)(C)C)c(O)c(C(C)(C)C)c1. The fourth-order valence-corrected chi connectivity index (χ4v) is 4.97. The average Bonchev–Trinajstić information content (AvgIpc) is 2.77. The van der Waals surface area contributed by atoms with Gasteiger partial charge in [0.2, 0.25) is 0 Å². The maximum atomic E-state index is 10.9. The topological polar surface area (TPSA) is 32.3 Å². The van der Waals surface area contributed by atoms with Crippen LogP contribution in [0.25, 0.3) is 0 Å². The van der Waals surface area contributed by atoms with Crippen molar-refractivity contribution in [2.75, 3.05) is 6.54 Å². The van der Waals surface area contributed by atoms with E-state index in [1.54, 1.807) is 0 Å². The molecule has 2 N–H and O–H groups in total. The van der Waals surface area contributed by atoms with Crippen LogP contribution >= 0.6 is 0 Å². The molecule has 0 unspecified atom stereocenters. The van der Waals surface area contributed by atoms with Crippen molar-refractivity contribution in [1.29, 1.82) is 0 Å². The van der Waals surface area contributed by atoms with Crippen LogP contribution in [-0.4, -0.2) is 11.7 Å². The van der Waals surface area contributed by atoms with Gasteiger partial charge in [0.25, 0.3) is 0 Å². The van der Waals surface area contributed by atoms with Crippen LogP contribution in [0, 0.1) is 0 Å². The molecule has 0 atom stereocenters. The molecule has 2 heteroatoms. The third-order valence-corrected chi connectivity index (χ3v) is 7.32. The number of rotatable bonds is 19. The van der Waals surface area contributed by atoms with Crippen LogP contribution in [0.1, 0.15) is 168 Å². The molecule has 0 saturated heterocycles. The highest BCUT2D eigenvalue weighted by Crippen LogP contribution is 2.39. The van der Waals surface area contributed by atoms with Crippen molar-refractivity contribution in [2.45, 2.75) is 169 Å². The van der Waals surface area contributed by atoms with Crippen molar-refractivity contribution in [2.24, 2.45) is 0 Å². The van der Waals surface area contributed by atoms with Crippen LogP contribution in [0.2, 0.25) is 0 Å². The smallest absolute Gasteiger partial charge is 0.123 e. The number of phenolic OH excluding ortho intramolecular Hbond substituents is 1. The van der Waals surface area contributed by atoms with Crippen LogP contribution in [0.3, 0.4) is 0 Å². The minimum atomic E-state index is -0.0615. The summed E-state index contributed by atoms with van der Waals surface area (Å²) in [6.07, 6.45) is 22.6. The maximum absolute atomic E-state index is 10.9. The van der Waals surface area contributed by atoms with Gasteiger partial charge in [-0.1, -0.05) is 157 Å². The third-order valence-electron chi connectivity index (χ3n) is 7.32. The Balaban J connectivity index is 2.11. The van der Waals surface area contributed by atoms with E-state index in [0.717, 1.165) is 24.2 Å². The lowest BCUT2D eigenvalue weighted by Gasteiger charge is -2.28. The number of benzene rings is 1. The summed E-state index contributed by atoms with van der Waals surface area (Å²) in [4.78, 5) is 0. The Morgan fingerprint density at radius 3 is 1.26 bits per heavy atom. The monoisotopic (exact) mass is 487 g/mol. The highest BCUT2D eigenvalue weighted by Gasteiger charge is 2.26. The van der Waals surface area contributed by atoms with E-state index >= 15 is 0 Å². The molecule has 1 aromatic rings. The molecular formula is C33H61NO. The average molecular weight is 488 g/mol. The second-order valence-electron chi connectivity index (χ2n) is 13.0. The minimum Gasteiger partial charge on any atom is -0.507 e. The van der Waals surface area contributed by atoms with Crippen LogP contribution in [-0.2, 0) is 17.4 Å². The lowest BCUT2D eigenvalue weighted by molar-refractivity contribution is 0.422. The van der Waals surface area contributed by atoms with Gasteiger partial charge in [0, 0.05) is 6.54 Å². The number of hydrogen-bond donors (Lipinski definition) is 2. The summed E-state index contributed by atoms with van der Waals surface area (Å²) in [6.45, 7) is 17.3. The molecule has 2 nitrogen and oxygen atoms in total. The number of hydrogen-bond acceptors (Lipinski definition) is 2. The molecule has 1 aromatic carbocycles. The Hall–Kier alpha value is -1.02.